The summed E-state index contributed by atoms with van der Waals surface area (Å²) in [6, 6.07) is 22.7. The molecule has 0 heterocycles. The van der Waals surface area contributed by atoms with E-state index in [9.17, 15) is 9.90 Å². The second-order valence-electron chi connectivity index (χ2n) is 13.7. The average molecular weight is 659 g/mol. The highest BCUT2D eigenvalue weighted by atomic mass is 35.5. The van der Waals surface area contributed by atoms with Gasteiger partial charge in [-0.2, -0.15) is 0 Å². The molecule has 1 saturated carbocycles. The molecule has 9 heteroatoms. The van der Waals surface area contributed by atoms with Crippen LogP contribution in [-0.4, -0.2) is 74.0 Å². The second-order valence-corrected chi connectivity index (χ2v) is 13.7. The van der Waals surface area contributed by atoms with Crippen LogP contribution in [0.25, 0.3) is 0 Å². The number of hydrogen-bond donors (Lipinski definition) is 7. The number of benzene rings is 2. The second kappa shape index (κ2) is 23.3. The molecule has 46 heavy (non-hydrogen) atoms. The van der Waals surface area contributed by atoms with Gasteiger partial charge >= 0.3 is 5.97 Å². The van der Waals surface area contributed by atoms with Crippen LogP contribution in [0.3, 0.4) is 0 Å². The SMILES string of the molecule is CC(C)C[C@H](CN[C@H](CCCCN)CNC1CCC(C(=O)O)CC1)NC[C@@H](Cc1ccccc1)NC[C@H](N)Cc1ccccc1.Cl. The Labute approximate surface area is 285 Å². The van der Waals surface area contributed by atoms with Gasteiger partial charge in [0.05, 0.1) is 5.92 Å². The number of nitrogens with two attached hydrogens (primary N) is 2. The molecule has 2 aromatic rings. The van der Waals surface area contributed by atoms with Crippen LogP contribution in [0.2, 0.25) is 0 Å². The molecule has 0 amide bonds. The minimum absolute atomic E-state index is 0. The van der Waals surface area contributed by atoms with E-state index in [1.807, 2.05) is 6.07 Å². The van der Waals surface area contributed by atoms with Crippen molar-refractivity contribution in [1.29, 1.82) is 0 Å². The van der Waals surface area contributed by atoms with Crippen molar-refractivity contribution in [3.05, 3.63) is 71.8 Å². The predicted octanol–water partition coefficient (Wildman–Crippen LogP) is 4.50. The lowest BCUT2D eigenvalue weighted by atomic mass is 9.86. The lowest BCUT2D eigenvalue weighted by molar-refractivity contribution is -0.142. The molecule has 3 rings (SSSR count). The zero-order valence-corrected chi connectivity index (χ0v) is 29.2. The Hall–Kier alpha value is -2.04. The minimum Gasteiger partial charge on any atom is -0.481 e. The fourth-order valence-corrected chi connectivity index (χ4v) is 6.51. The maximum Gasteiger partial charge on any atom is 0.306 e. The Morgan fingerprint density at radius 1 is 0.783 bits per heavy atom. The van der Waals surface area contributed by atoms with E-state index in [-0.39, 0.29) is 30.4 Å². The van der Waals surface area contributed by atoms with Gasteiger partial charge in [0.15, 0.2) is 0 Å². The summed E-state index contributed by atoms with van der Waals surface area (Å²) in [6.45, 7) is 8.76. The highest BCUT2D eigenvalue weighted by Gasteiger charge is 2.26. The quantitative estimate of drug-likeness (QED) is 0.0867. The molecular weight excluding hydrogens is 596 g/mol. The van der Waals surface area contributed by atoms with Crippen LogP contribution < -0.4 is 32.7 Å². The first kappa shape index (κ1) is 40.1. The zero-order chi connectivity index (χ0) is 32.3. The summed E-state index contributed by atoms with van der Waals surface area (Å²) in [5.41, 5.74) is 15.0. The summed E-state index contributed by atoms with van der Waals surface area (Å²) in [6.07, 6.45) is 9.56. The third kappa shape index (κ3) is 16.7. The maximum absolute atomic E-state index is 11.4. The number of carboxylic acid groups (broad SMARTS) is 1. The van der Waals surface area contributed by atoms with Crippen LogP contribution >= 0.6 is 12.4 Å². The Kier molecular flexibility index (Phi) is 20.3. The van der Waals surface area contributed by atoms with E-state index < -0.39 is 5.97 Å². The van der Waals surface area contributed by atoms with Gasteiger partial charge in [0.1, 0.15) is 0 Å². The first-order chi connectivity index (χ1) is 21.8. The van der Waals surface area contributed by atoms with E-state index >= 15 is 0 Å². The van der Waals surface area contributed by atoms with Crippen LogP contribution in [0.4, 0.5) is 0 Å². The maximum atomic E-state index is 11.4. The summed E-state index contributed by atoms with van der Waals surface area (Å²) in [5, 5.41) is 24.7. The molecule has 2 aromatic carbocycles. The molecule has 1 aliphatic rings. The molecular formula is C37H63ClN6O2. The van der Waals surface area contributed by atoms with E-state index in [1.54, 1.807) is 0 Å². The van der Waals surface area contributed by atoms with Crippen LogP contribution in [-0.2, 0) is 17.6 Å². The third-order valence-corrected chi connectivity index (χ3v) is 9.13. The van der Waals surface area contributed by atoms with Crippen molar-refractivity contribution in [2.75, 3.05) is 32.7 Å². The van der Waals surface area contributed by atoms with Gasteiger partial charge in [-0.3, -0.25) is 4.79 Å². The number of aliphatic carboxylic acids is 1. The van der Waals surface area contributed by atoms with Gasteiger partial charge in [0, 0.05) is 56.4 Å². The van der Waals surface area contributed by atoms with Gasteiger partial charge in [-0.05, 0) is 81.4 Å². The van der Waals surface area contributed by atoms with E-state index in [2.05, 4.69) is 89.7 Å². The number of unbranched alkanes of at least 4 members (excludes halogenated alkanes) is 1. The van der Waals surface area contributed by atoms with Gasteiger partial charge in [-0.1, -0.05) is 80.9 Å². The molecule has 0 radical (unpaired) electrons. The molecule has 260 valence electrons. The Bertz CT molecular complexity index is 1040. The Morgan fingerprint density at radius 3 is 1.93 bits per heavy atom. The van der Waals surface area contributed by atoms with Crippen LogP contribution in [0.15, 0.2) is 60.7 Å². The predicted molar refractivity (Wildman–Crippen MR) is 195 cm³/mol. The minimum atomic E-state index is -0.644. The molecule has 0 unspecified atom stereocenters. The van der Waals surface area contributed by atoms with Crippen molar-refractivity contribution in [2.45, 2.75) is 108 Å². The Morgan fingerprint density at radius 2 is 1.35 bits per heavy atom. The summed E-state index contributed by atoms with van der Waals surface area (Å²) in [4.78, 5) is 11.4. The molecule has 4 atom stereocenters. The molecule has 1 aliphatic carbocycles. The van der Waals surface area contributed by atoms with Gasteiger partial charge in [0.25, 0.3) is 0 Å². The smallest absolute Gasteiger partial charge is 0.306 e. The van der Waals surface area contributed by atoms with Gasteiger partial charge in [-0.25, -0.2) is 0 Å². The van der Waals surface area contributed by atoms with Crippen molar-refractivity contribution in [3.8, 4) is 0 Å². The lowest BCUT2D eigenvalue weighted by Crippen LogP contribution is -2.52. The number of rotatable bonds is 23. The van der Waals surface area contributed by atoms with Gasteiger partial charge in [-0.15, -0.1) is 12.4 Å². The topological polar surface area (TPSA) is 137 Å². The molecule has 0 spiro atoms. The number of nitrogens with one attached hydrogen (secondary N) is 4. The highest BCUT2D eigenvalue weighted by molar-refractivity contribution is 5.85. The van der Waals surface area contributed by atoms with Crippen molar-refractivity contribution in [3.63, 3.8) is 0 Å². The number of hydrogen-bond acceptors (Lipinski definition) is 7. The highest BCUT2D eigenvalue weighted by Crippen LogP contribution is 2.24. The summed E-state index contributed by atoms with van der Waals surface area (Å²) in [7, 11) is 0. The standard InChI is InChI=1S/C37H62N6O2.ClH/c1-28(2)21-35(26-42-34(15-9-10-20-38)25-41-33-18-16-31(17-19-33)37(44)45)43-27-36(23-30-13-7-4-8-14-30)40-24-32(39)22-29-11-5-3-6-12-29;/h3-8,11-14,28,31-36,40-43H,9-10,15-27,38-39H2,1-2H3,(H,44,45);1H/t31?,32-,33?,34-,35-,36-;/m1./s1. The van der Waals surface area contributed by atoms with E-state index in [1.165, 1.54) is 11.1 Å². The van der Waals surface area contributed by atoms with E-state index in [0.717, 1.165) is 96.9 Å². The molecule has 0 bridgehead atoms. The summed E-state index contributed by atoms with van der Waals surface area (Å²) >= 11 is 0. The molecule has 9 N–H and O–H groups in total. The van der Waals surface area contributed by atoms with Crippen molar-refractivity contribution in [1.82, 2.24) is 21.3 Å². The third-order valence-electron chi connectivity index (χ3n) is 9.13. The van der Waals surface area contributed by atoms with Crippen LogP contribution in [0.5, 0.6) is 0 Å². The van der Waals surface area contributed by atoms with Crippen molar-refractivity contribution in [2.24, 2.45) is 23.3 Å². The first-order valence-electron chi connectivity index (χ1n) is 17.5. The van der Waals surface area contributed by atoms with Crippen molar-refractivity contribution < 1.29 is 9.90 Å². The van der Waals surface area contributed by atoms with Gasteiger partial charge in [0.2, 0.25) is 0 Å². The molecule has 8 nitrogen and oxygen atoms in total. The molecule has 1 fully saturated rings. The van der Waals surface area contributed by atoms with Crippen LogP contribution in [0.1, 0.15) is 76.3 Å². The molecule has 0 aromatic heterocycles. The average Bonchev–Trinajstić information content (AvgIpc) is 3.04. The number of carboxylic acids is 1. The largest absolute Gasteiger partial charge is 0.481 e. The number of carbonyl (C=O) groups is 1. The fourth-order valence-electron chi connectivity index (χ4n) is 6.51. The fraction of sp³-hybridized carbons (Fsp3) is 0.649. The van der Waals surface area contributed by atoms with Crippen LogP contribution in [0, 0.1) is 11.8 Å². The first-order valence-corrected chi connectivity index (χ1v) is 17.5. The lowest BCUT2D eigenvalue weighted by Gasteiger charge is -2.31. The Balaban J connectivity index is 0.00000736. The molecule has 0 aliphatic heterocycles. The molecule has 0 saturated heterocycles. The monoisotopic (exact) mass is 658 g/mol. The number of halogens is 1. The summed E-state index contributed by atoms with van der Waals surface area (Å²) < 4.78 is 0. The van der Waals surface area contributed by atoms with Crippen molar-refractivity contribution >= 4 is 18.4 Å². The normalized spacial score (nSPS) is 19.2. The van der Waals surface area contributed by atoms with E-state index in [4.69, 9.17) is 11.5 Å². The zero-order valence-electron chi connectivity index (χ0n) is 28.3. The summed E-state index contributed by atoms with van der Waals surface area (Å²) in [5.74, 6) is -0.235. The van der Waals surface area contributed by atoms with E-state index in [0.29, 0.717) is 24.0 Å². The van der Waals surface area contributed by atoms with Gasteiger partial charge < -0.3 is 37.8 Å².